The fourth-order valence-electron chi connectivity index (χ4n) is 5.18. The molecule has 2 aromatic carbocycles. The summed E-state index contributed by atoms with van der Waals surface area (Å²) in [4.78, 5) is 9.18. The Hall–Kier alpha value is -3.18. The van der Waals surface area contributed by atoms with Crippen molar-refractivity contribution in [2.75, 3.05) is 13.2 Å². The summed E-state index contributed by atoms with van der Waals surface area (Å²) in [6, 6.07) is 17.1. The summed E-state index contributed by atoms with van der Waals surface area (Å²) in [6.45, 7) is 6.20. The standard InChI is InChI=1S/C36H48N2O3/c1-3-5-7-9-10-16-29-20-22-30(23-21-29)32-26-37-35(38-27-32)34-28-40-36(41-34)33-19-12-11-17-31(33)18-13-15-25-39-24-14-8-6-4-2/h11-12,17,19-23,26-28,36H,3-10,13-16,18,24-25H2,1-2H3. The monoisotopic (exact) mass is 556 g/mol. The van der Waals surface area contributed by atoms with Gasteiger partial charge in [-0.1, -0.05) is 107 Å². The molecule has 1 aliphatic rings. The van der Waals surface area contributed by atoms with Gasteiger partial charge in [-0.2, -0.15) is 0 Å². The maximum atomic E-state index is 6.18. The van der Waals surface area contributed by atoms with Gasteiger partial charge in [0.25, 0.3) is 6.29 Å². The largest absolute Gasteiger partial charge is 0.454 e. The second-order valence-corrected chi connectivity index (χ2v) is 11.1. The third-order valence-electron chi connectivity index (χ3n) is 7.70. The lowest BCUT2D eigenvalue weighted by molar-refractivity contribution is -0.0181. The molecule has 0 fully saturated rings. The van der Waals surface area contributed by atoms with E-state index in [1.165, 1.54) is 68.9 Å². The molecule has 220 valence electrons. The van der Waals surface area contributed by atoms with Crippen LogP contribution in [0.2, 0.25) is 0 Å². The highest BCUT2D eigenvalue weighted by Gasteiger charge is 2.26. The van der Waals surface area contributed by atoms with Gasteiger partial charge in [-0.25, -0.2) is 9.97 Å². The third kappa shape index (κ3) is 10.00. The molecule has 0 radical (unpaired) electrons. The molecule has 0 saturated heterocycles. The summed E-state index contributed by atoms with van der Waals surface area (Å²) in [5.74, 6) is 1.10. The van der Waals surface area contributed by atoms with Gasteiger partial charge in [0.05, 0.1) is 0 Å². The van der Waals surface area contributed by atoms with Gasteiger partial charge in [0.15, 0.2) is 5.82 Å². The average molecular weight is 557 g/mol. The number of aromatic nitrogens is 2. The molecule has 41 heavy (non-hydrogen) atoms. The van der Waals surface area contributed by atoms with Crippen LogP contribution in [0.5, 0.6) is 0 Å². The number of hydrogen-bond acceptors (Lipinski definition) is 5. The van der Waals surface area contributed by atoms with Crippen molar-refractivity contribution < 1.29 is 14.2 Å². The smallest absolute Gasteiger partial charge is 0.267 e. The Morgan fingerprint density at radius 1 is 0.683 bits per heavy atom. The molecule has 2 heterocycles. The molecule has 1 aromatic heterocycles. The summed E-state index contributed by atoms with van der Waals surface area (Å²) in [5.41, 5.74) is 5.81. The zero-order valence-corrected chi connectivity index (χ0v) is 25.2. The maximum absolute atomic E-state index is 6.18. The van der Waals surface area contributed by atoms with E-state index < -0.39 is 6.29 Å². The Morgan fingerprint density at radius 2 is 1.34 bits per heavy atom. The summed E-state index contributed by atoms with van der Waals surface area (Å²) in [5, 5.41) is 0. The van der Waals surface area contributed by atoms with Crippen molar-refractivity contribution in [3.63, 3.8) is 0 Å². The first-order chi connectivity index (χ1) is 20.3. The highest BCUT2D eigenvalue weighted by atomic mass is 16.7. The molecule has 0 amide bonds. The van der Waals surface area contributed by atoms with Crippen molar-refractivity contribution in [2.24, 2.45) is 0 Å². The third-order valence-corrected chi connectivity index (χ3v) is 7.70. The lowest BCUT2D eigenvalue weighted by atomic mass is 10.0. The Labute approximate surface area is 247 Å². The maximum Gasteiger partial charge on any atom is 0.267 e. The fourth-order valence-corrected chi connectivity index (χ4v) is 5.18. The van der Waals surface area contributed by atoms with Crippen molar-refractivity contribution in [2.45, 2.75) is 104 Å². The summed E-state index contributed by atoms with van der Waals surface area (Å²) >= 11 is 0. The number of unbranched alkanes of at least 4 members (excludes halogenated alkanes) is 8. The SMILES string of the molecule is CCCCCCCc1ccc(-c2cnc(C3=COC(c4ccccc4CCCCOCCCCCC)O3)nc2)cc1. The Kier molecular flexibility index (Phi) is 13.2. The van der Waals surface area contributed by atoms with Gasteiger partial charge in [-0.15, -0.1) is 0 Å². The predicted molar refractivity (Wildman–Crippen MR) is 167 cm³/mol. The summed E-state index contributed by atoms with van der Waals surface area (Å²) in [6.07, 6.45) is 20.7. The number of ether oxygens (including phenoxy) is 3. The lowest BCUT2D eigenvalue weighted by Gasteiger charge is -2.16. The number of benzene rings is 2. The van der Waals surface area contributed by atoms with Gasteiger partial charge in [0.1, 0.15) is 6.26 Å². The van der Waals surface area contributed by atoms with Crippen molar-refractivity contribution in [1.82, 2.24) is 9.97 Å². The van der Waals surface area contributed by atoms with Crippen LogP contribution in [-0.2, 0) is 27.1 Å². The molecular formula is C36H48N2O3. The quantitative estimate of drug-likeness (QED) is 0.138. The van der Waals surface area contributed by atoms with Crippen molar-refractivity contribution in [3.05, 3.63) is 89.7 Å². The number of nitrogens with zero attached hydrogens (tertiary/aromatic N) is 2. The van der Waals surface area contributed by atoms with Crippen LogP contribution < -0.4 is 0 Å². The molecule has 0 N–H and O–H groups in total. The van der Waals surface area contributed by atoms with E-state index in [2.05, 4.69) is 66.3 Å². The highest BCUT2D eigenvalue weighted by Crippen LogP contribution is 2.34. The summed E-state index contributed by atoms with van der Waals surface area (Å²) in [7, 11) is 0. The first-order valence-electron chi connectivity index (χ1n) is 15.9. The molecule has 3 aromatic rings. The van der Waals surface area contributed by atoms with Crippen molar-refractivity contribution >= 4 is 5.76 Å². The molecule has 0 bridgehead atoms. The minimum atomic E-state index is -0.478. The molecule has 1 aliphatic heterocycles. The fraction of sp³-hybridized carbons (Fsp3) is 0.500. The van der Waals surface area contributed by atoms with Gasteiger partial charge in [0.2, 0.25) is 5.76 Å². The van der Waals surface area contributed by atoms with E-state index in [1.54, 1.807) is 6.26 Å². The number of hydrogen-bond donors (Lipinski definition) is 0. The van der Waals surface area contributed by atoms with Gasteiger partial charge in [-0.3, -0.25) is 0 Å². The molecule has 1 atom stereocenters. The van der Waals surface area contributed by atoms with E-state index in [-0.39, 0.29) is 0 Å². The number of aryl methyl sites for hydroxylation is 2. The molecule has 0 spiro atoms. The van der Waals surface area contributed by atoms with Crippen LogP contribution in [0.4, 0.5) is 0 Å². The average Bonchev–Trinajstić information content (AvgIpc) is 3.51. The van der Waals surface area contributed by atoms with Crippen LogP contribution in [-0.4, -0.2) is 23.2 Å². The highest BCUT2D eigenvalue weighted by molar-refractivity contribution is 5.63. The topological polar surface area (TPSA) is 53.5 Å². The zero-order valence-electron chi connectivity index (χ0n) is 25.2. The van der Waals surface area contributed by atoms with Gasteiger partial charge >= 0.3 is 0 Å². The molecule has 0 aliphatic carbocycles. The van der Waals surface area contributed by atoms with E-state index in [1.807, 2.05) is 18.5 Å². The second kappa shape index (κ2) is 17.6. The minimum absolute atomic E-state index is 0.478. The number of rotatable bonds is 19. The Bertz CT molecular complexity index is 1170. The van der Waals surface area contributed by atoms with Crippen LogP contribution in [0.25, 0.3) is 16.9 Å². The minimum Gasteiger partial charge on any atom is -0.454 e. The van der Waals surface area contributed by atoms with Crippen molar-refractivity contribution in [1.29, 1.82) is 0 Å². The van der Waals surface area contributed by atoms with E-state index >= 15 is 0 Å². The first kappa shape index (κ1) is 30.8. The zero-order chi connectivity index (χ0) is 28.5. The van der Waals surface area contributed by atoms with Gasteiger partial charge in [0, 0.05) is 36.7 Å². The predicted octanol–water partition coefficient (Wildman–Crippen LogP) is 9.62. The van der Waals surface area contributed by atoms with Gasteiger partial charge in [-0.05, 0) is 55.2 Å². The Balaban J connectivity index is 1.23. The van der Waals surface area contributed by atoms with Crippen LogP contribution in [0, 0.1) is 0 Å². The van der Waals surface area contributed by atoms with E-state index in [0.29, 0.717) is 11.6 Å². The van der Waals surface area contributed by atoms with E-state index in [0.717, 1.165) is 55.6 Å². The van der Waals surface area contributed by atoms with Gasteiger partial charge < -0.3 is 14.2 Å². The molecule has 5 nitrogen and oxygen atoms in total. The first-order valence-corrected chi connectivity index (χ1v) is 15.9. The summed E-state index contributed by atoms with van der Waals surface area (Å²) < 4.78 is 17.9. The lowest BCUT2D eigenvalue weighted by Crippen LogP contribution is -2.05. The van der Waals surface area contributed by atoms with Crippen LogP contribution in [0.3, 0.4) is 0 Å². The molecule has 4 rings (SSSR count). The normalized spacial score (nSPS) is 14.5. The van der Waals surface area contributed by atoms with E-state index in [9.17, 15) is 0 Å². The second-order valence-electron chi connectivity index (χ2n) is 11.1. The van der Waals surface area contributed by atoms with Crippen LogP contribution >= 0.6 is 0 Å². The van der Waals surface area contributed by atoms with E-state index in [4.69, 9.17) is 14.2 Å². The molecule has 0 saturated carbocycles. The van der Waals surface area contributed by atoms with Crippen molar-refractivity contribution in [3.8, 4) is 11.1 Å². The molecular weight excluding hydrogens is 508 g/mol. The van der Waals surface area contributed by atoms with Crippen LogP contribution in [0.1, 0.15) is 113 Å². The molecule has 1 unspecified atom stereocenters. The Morgan fingerprint density at radius 3 is 2.10 bits per heavy atom. The molecule has 5 heteroatoms. The van der Waals surface area contributed by atoms with Crippen LogP contribution in [0.15, 0.2) is 67.2 Å².